The van der Waals surface area contributed by atoms with Crippen LogP contribution < -0.4 is 5.32 Å². The molecule has 4 amide bonds. The molecular weight excluding hydrogens is 364 g/mol. The molecular formula is C19H22N4O5. The summed E-state index contributed by atoms with van der Waals surface area (Å²) in [5, 5.41) is 24.1. The summed E-state index contributed by atoms with van der Waals surface area (Å²) < 4.78 is 1.11. The first-order valence-corrected chi connectivity index (χ1v) is 9.10. The first kappa shape index (κ1) is 19.4. The number of piperidine rings is 1. The SMILES string of the molecule is CCN(CC)C(=O)N=Cc1cccc2c(O)n(C3CCC(=O)NC3=O)c(O)c12. The zero-order chi connectivity index (χ0) is 20.4. The van der Waals surface area contributed by atoms with Crippen molar-refractivity contribution in [3.63, 3.8) is 0 Å². The van der Waals surface area contributed by atoms with E-state index in [0.29, 0.717) is 24.0 Å². The second-order valence-electron chi connectivity index (χ2n) is 6.47. The molecule has 9 heteroatoms. The lowest BCUT2D eigenvalue weighted by molar-refractivity contribution is -0.135. The van der Waals surface area contributed by atoms with Gasteiger partial charge in [-0.25, -0.2) is 9.79 Å². The van der Waals surface area contributed by atoms with E-state index in [9.17, 15) is 24.6 Å². The molecule has 1 unspecified atom stereocenters. The number of aromatic hydroxyl groups is 2. The Kier molecular flexibility index (Phi) is 5.34. The van der Waals surface area contributed by atoms with Crippen LogP contribution in [0.25, 0.3) is 10.8 Å². The lowest BCUT2D eigenvalue weighted by atomic mass is 10.1. The molecule has 28 heavy (non-hydrogen) atoms. The third kappa shape index (κ3) is 3.30. The maximum absolute atomic E-state index is 12.2. The molecule has 3 rings (SSSR count). The molecule has 0 radical (unpaired) electrons. The highest BCUT2D eigenvalue weighted by Crippen LogP contribution is 2.41. The van der Waals surface area contributed by atoms with Gasteiger partial charge in [0, 0.05) is 36.7 Å². The summed E-state index contributed by atoms with van der Waals surface area (Å²) in [5.41, 5.74) is 0.428. The first-order valence-electron chi connectivity index (χ1n) is 9.10. The van der Waals surface area contributed by atoms with E-state index in [4.69, 9.17) is 0 Å². The summed E-state index contributed by atoms with van der Waals surface area (Å²) in [7, 11) is 0. The molecule has 0 aliphatic carbocycles. The van der Waals surface area contributed by atoms with E-state index >= 15 is 0 Å². The largest absolute Gasteiger partial charge is 0.494 e. The van der Waals surface area contributed by atoms with E-state index in [1.807, 2.05) is 13.8 Å². The van der Waals surface area contributed by atoms with Gasteiger partial charge >= 0.3 is 6.03 Å². The minimum Gasteiger partial charge on any atom is -0.494 e. The molecule has 0 bridgehead atoms. The summed E-state index contributed by atoms with van der Waals surface area (Å²) in [6, 6.07) is 3.58. The van der Waals surface area contributed by atoms with Gasteiger partial charge in [-0.3, -0.25) is 19.5 Å². The van der Waals surface area contributed by atoms with Gasteiger partial charge in [0.25, 0.3) is 0 Å². The molecule has 9 nitrogen and oxygen atoms in total. The average molecular weight is 386 g/mol. The van der Waals surface area contributed by atoms with Gasteiger partial charge in [0.1, 0.15) is 6.04 Å². The Bertz CT molecular complexity index is 974. The number of rotatable bonds is 4. The zero-order valence-electron chi connectivity index (χ0n) is 15.7. The number of nitrogens with one attached hydrogen (secondary N) is 1. The molecule has 2 heterocycles. The number of aromatic nitrogens is 1. The van der Waals surface area contributed by atoms with E-state index in [2.05, 4.69) is 10.3 Å². The molecule has 2 aromatic rings. The summed E-state index contributed by atoms with van der Waals surface area (Å²) in [4.78, 5) is 41.2. The number of urea groups is 1. The smallest absolute Gasteiger partial charge is 0.343 e. The summed E-state index contributed by atoms with van der Waals surface area (Å²) in [6.45, 7) is 4.74. The van der Waals surface area contributed by atoms with Crippen LogP contribution in [0.1, 0.15) is 38.3 Å². The van der Waals surface area contributed by atoms with Crippen LogP contribution >= 0.6 is 0 Å². The van der Waals surface area contributed by atoms with Crippen molar-refractivity contribution in [2.24, 2.45) is 4.99 Å². The van der Waals surface area contributed by atoms with Crippen molar-refractivity contribution in [3.8, 4) is 11.8 Å². The van der Waals surface area contributed by atoms with Crippen molar-refractivity contribution in [1.82, 2.24) is 14.8 Å². The Labute approximate surface area is 161 Å². The molecule has 1 atom stereocenters. The lowest BCUT2D eigenvalue weighted by Gasteiger charge is -2.23. The predicted octanol–water partition coefficient (Wildman–Crippen LogP) is 1.91. The number of hydrogen-bond acceptors (Lipinski definition) is 5. The average Bonchev–Trinajstić information content (AvgIpc) is 2.93. The number of hydrogen-bond donors (Lipinski definition) is 3. The van der Waals surface area contributed by atoms with Crippen LogP contribution in [-0.4, -0.2) is 56.8 Å². The van der Waals surface area contributed by atoms with Crippen LogP contribution in [0.4, 0.5) is 4.79 Å². The van der Waals surface area contributed by atoms with E-state index in [-0.39, 0.29) is 35.9 Å². The predicted molar refractivity (Wildman–Crippen MR) is 103 cm³/mol. The standard InChI is InChI=1S/C19H22N4O5/c1-3-22(4-2)19(28)20-10-11-6-5-7-12-15(11)18(27)23(17(12)26)13-8-9-14(24)21-16(13)25/h5-7,10,13,26-27H,3-4,8-9H2,1-2H3,(H,21,24,25). The number of imide groups is 1. The van der Waals surface area contributed by atoms with Crippen molar-refractivity contribution in [1.29, 1.82) is 0 Å². The number of benzene rings is 1. The highest BCUT2D eigenvalue weighted by molar-refractivity contribution is 6.08. The van der Waals surface area contributed by atoms with Gasteiger partial charge in [-0.2, -0.15) is 0 Å². The van der Waals surface area contributed by atoms with Crippen molar-refractivity contribution >= 4 is 34.8 Å². The van der Waals surface area contributed by atoms with E-state index in [0.717, 1.165) is 4.57 Å². The van der Waals surface area contributed by atoms with Gasteiger partial charge in [-0.15, -0.1) is 0 Å². The minimum absolute atomic E-state index is 0.108. The normalized spacial score (nSPS) is 17.3. The molecule has 0 spiro atoms. The van der Waals surface area contributed by atoms with Crippen LogP contribution in [0.2, 0.25) is 0 Å². The highest BCUT2D eigenvalue weighted by Gasteiger charge is 2.33. The molecule has 1 saturated heterocycles. The quantitative estimate of drug-likeness (QED) is 0.547. The Balaban J connectivity index is 2.04. The minimum atomic E-state index is -0.910. The number of carbonyl (C=O) groups excluding carboxylic acids is 3. The Hall–Kier alpha value is -3.36. The van der Waals surface area contributed by atoms with Crippen molar-refractivity contribution < 1.29 is 24.6 Å². The van der Waals surface area contributed by atoms with E-state index in [1.54, 1.807) is 23.1 Å². The van der Waals surface area contributed by atoms with Crippen LogP contribution in [0.5, 0.6) is 11.8 Å². The maximum atomic E-state index is 12.2. The topological polar surface area (TPSA) is 124 Å². The van der Waals surface area contributed by atoms with Crippen LogP contribution in [0, 0.1) is 0 Å². The molecule has 1 aliphatic rings. The fourth-order valence-corrected chi connectivity index (χ4v) is 3.39. The zero-order valence-corrected chi connectivity index (χ0v) is 15.7. The fourth-order valence-electron chi connectivity index (χ4n) is 3.39. The number of nitrogens with zero attached hydrogens (tertiary/aromatic N) is 3. The Morgan fingerprint density at radius 3 is 2.64 bits per heavy atom. The molecule has 1 aliphatic heterocycles. The molecule has 3 N–H and O–H groups in total. The lowest BCUT2D eigenvalue weighted by Crippen LogP contribution is -2.41. The van der Waals surface area contributed by atoms with Gasteiger partial charge in [0.2, 0.25) is 23.6 Å². The maximum Gasteiger partial charge on any atom is 0.343 e. The van der Waals surface area contributed by atoms with Crippen molar-refractivity contribution in [3.05, 3.63) is 23.8 Å². The number of amides is 4. The van der Waals surface area contributed by atoms with Gasteiger partial charge in [0.05, 0.1) is 5.39 Å². The monoisotopic (exact) mass is 386 g/mol. The van der Waals surface area contributed by atoms with Crippen LogP contribution in [0.15, 0.2) is 23.2 Å². The first-order chi connectivity index (χ1) is 13.4. The van der Waals surface area contributed by atoms with Gasteiger partial charge < -0.3 is 15.1 Å². The highest BCUT2D eigenvalue weighted by atomic mass is 16.3. The third-order valence-electron chi connectivity index (χ3n) is 4.89. The molecule has 1 aromatic heterocycles. The Morgan fingerprint density at radius 2 is 2.00 bits per heavy atom. The number of carbonyl (C=O) groups is 3. The molecule has 148 valence electrons. The van der Waals surface area contributed by atoms with E-state index < -0.39 is 18.0 Å². The summed E-state index contributed by atoms with van der Waals surface area (Å²) in [5.74, 6) is -1.58. The van der Waals surface area contributed by atoms with Crippen LogP contribution in [-0.2, 0) is 9.59 Å². The van der Waals surface area contributed by atoms with Crippen molar-refractivity contribution in [2.45, 2.75) is 32.7 Å². The summed E-state index contributed by atoms with van der Waals surface area (Å²) >= 11 is 0. The van der Waals surface area contributed by atoms with Gasteiger partial charge in [-0.1, -0.05) is 12.1 Å². The molecule has 1 aromatic carbocycles. The summed E-state index contributed by atoms with van der Waals surface area (Å²) in [6.07, 6.45) is 1.60. The van der Waals surface area contributed by atoms with Crippen LogP contribution in [0.3, 0.4) is 0 Å². The number of fused-ring (bicyclic) bond motifs is 1. The number of aliphatic imine (C=N–C) groups is 1. The fraction of sp³-hybridized carbons (Fsp3) is 0.368. The van der Waals surface area contributed by atoms with Crippen molar-refractivity contribution in [2.75, 3.05) is 13.1 Å². The molecule has 1 fully saturated rings. The molecule has 0 saturated carbocycles. The van der Waals surface area contributed by atoms with Gasteiger partial charge in [0.15, 0.2) is 0 Å². The van der Waals surface area contributed by atoms with Gasteiger partial charge in [-0.05, 0) is 26.3 Å². The third-order valence-corrected chi connectivity index (χ3v) is 4.89. The Morgan fingerprint density at radius 1 is 1.29 bits per heavy atom. The van der Waals surface area contributed by atoms with E-state index in [1.165, 1.54) is 6.21 Å². The second-order valence-corrected chi connectivity index (χ2v) is 6.47. The second kappa shape index (κ2) is 7.71.